The van der Waals surface area contributed by atoms with Crippen molar-refractivity contribution in [2.75, 3.05) is 13.7 Å². The van der Waals surface area contributed by atoms with E-state index < -0.39 is 28.8 Å². The number of carbonyl (C=O) groups excluding carboxylic acids is 1. The fourth-order valence-electron chi connectivity index (χ4n) is 2.00. The van der Waals surface area contributed by atoms with Crippen LogP contribution >= 0.6 is 0 Å². The number of rotatable bonds is 4. The highest BCUT2D eigenvalue weighted by molar-refractivity contribution is 7.82. The van der Waals surface area contributed by atoms with E-state index in [1.165, 1.54) is 35.7 Å². The number of benzene rings is 1. The predicted octanol–water partition coefficient (Wildman–Crippen LogP) is 1.42. The number of hydrogen-bond donors (Lipinski definition) is 0. The molecule has 0 saturated carbocycles. The molecule has 2 rings (SSSR count). The van der Waals surface area contributed by atoms with Crippen molar-refractivity contribution in [2.24, 2.45) is 0 Å². The van der Waals surface area contributed by atoms with Crippen molar-refractivity contribution in [3.05, 3.63) is 30.1 Å². The summed E-state index contributed by atoms with van der Waals surface area (Å²) in [5.41, 5.74) is 0. The monoisotopic (exact) mass is 287 g/mol. The molecule has 0 N–H and O–H groups in total. The van der Waals surface area contributed by atoms with E-state index in [4.69, 9.17) is 0 Å². The van der Waals surface area contributed by atoms with Gasteiger partial charge in [-0.2, -0.15) is 4.89 Å². The molecule has 1 aliphatic heterocycles. The van der Waals surface area contributed by atoms with Gasteiger partial charge in [-0.1, -0.05) is 0 Å². The van der Waals surface area contributed by atoms with Gasteiger partial charge in [0.15, 0.2) is 0 Å². The molecule has 1 unspecified atom stereocenters. The Kier molecular flexibility index (Phi) is 4.62. The zero-order chi connectivity index (χ0) is 13.8. The summed E-state index contributed by atoms with van der Waals surface area (Å²) in [5, 5.41) is 0. The Morgan fingerprint density at radius 2 is 2.11 bits per heavy atom. The Balaban J connectivity index is 2.13. The van der Waals surface area contributed by atoms with E-state index in [0.717, 1.165) is 6.42 Å². The molecule has 0 spiro atoms. The third kappa shape index (κ3) is 3.17. The van der Waals surface area contributed by atoms with E-state index in [0.29, 0.717) is 17.9 Å². The van der Waals surface area contributed by atoms with Gasteiger partial charge < -0.3 is 0 Å². The average Bonchev–Trinajstić information content (AvgIpc) is 2.88. The van der Waals surface area contributed by atoms with Crippen LogP contribution in [0.3, 0.4) is 0 Å². The van der Waals surface area contributed by atoms with Crippen molar-refractivity contribution in [1.82, 2.24) is 4.31 Å². The Morgan fingerprint density at radius 3 is 2.74 bits per heavy atom. The highest BCUT2D eigenvalue weighted by atomic mass is 32.2. The highest BCUT2D eigenvalue weighted by Crippen LogP contribution is 2.24. The van der Waals surface area contributed by atoms with Gasteiger partial charge in [0.05, 0.1) is 12.0 Å². The van der Waals surface area contributed by atoms with E-state index in [-0.39, 0.29) is 0 Å². The molecule has 1 heterocycles. The van der Waals surface area contributed by atoms with Gasteiger partial charge in [0, 0.05) is 6.54 Å². The van der Waals surface area contributed by atoms with Crippen LogP contribution in [0.1, 0.15) is 12.8 Å². The van der Waals surface area contributed by atoms with Crippen LogP contribution in [0.25, 0.3) is 0 Å². The smallest absolute Gasteiger partial charge is 0.297 e. The second kappa shape index (κ2) is 6.23. The Hall–Kier alpha value is -1.31. The lowest BCUT2D eigenvalue weighted by atomic mass is 10.2. The summed E-state index contributed by atoms with van der Waals surface area (Å²) in [6, 6.07) is 4.79. The van der Waals surface area contributed by atoms with Gasteiger partial charge in [0.25, 0.3) is 0 Å². The Labute approximate surface area is 112 Å². The summed E-state index contributed by atoms with van der Waals surface area (Å²) in [6.07, 6.45) is 1.31. The molecule has 0 bridgehead atoms. The number of hydrogen-bond acceptors (Lipinski definition) is 4. The largest absolute Gasteiger partial charge is 0.360 e. The molecule has 1 aromatic carbocycles. The minimum atomic E-state index is -1.51. The molecule has 1 saturated heterocycles. The number of nitrogens with zero attached hydrogens (tertiary/aromatic N) is 1. The number of carbonyl (C=O) groups is 1. The van der Waals surface area contributed by atoms with Crippen molar-refractivity contribution in [2.45, 2.75) is 23.8 Å². The average molecular weight is 287 g/mol. The first-order chi connectivity index (χ1) is 9.13. The molecule has 0 radical (unpaired) electrons. The quantitative estimate of drug-likeness (QED) is 0.621. The van der Waals surface area contributed by atoms with Crippen molar-refractivity contribution in [3.63, 3.8) is 0 Å². The van der Waals surface area contributed by atoms with Gasteiger partial charge in [0.2, 0.25) is 0 Å². The van der Waals surface area contributed by atoms with Gasteiger partial charge in [0.1, 0.15) is 22.8 Å². The maximum atomic E-state index is 12.8. The molecule has 0 amide bonds. The lowest BCUT2D eigenvalue weighted by molar-refractivity contribution is -0.257. The van der Waals surface area contributed by atoms with E-state index in [9.17, 15) is 13.4 Å². The Morgan fingerprint density at radius 1 is 1.42 bits per heavy atom. The molecular formula is C12H14FNO4S. The van der Waals surface area contributed by atoms with Gasteiger partial charge in [-0.3, -0.25) is 4.89 Å². The topological polar surface area (TPSA) is 55.8 Å². The molecule has 104 valence electrons. The molecule has 7 heteroatoms. The molecule has 2 atom stereocenters. The molecule has 0 aliphatic carbocycles. The Bertz CT molecular complexity index is 479. The van der Waals surface area contributed by atoms with E-state index in [1.54, 1.807) is 0 Å². The predicted molar refractivity (Wildman–Crippen MR) is 65.6 cm³/mol. The zero-order valence-electron chi connectivity index (χ0n) is 10.4. The molecule has 19 heavy (non-hydrogen) atoms. The lowest BCUT2D eigenvalue weighted by Crippen LogP contribution is -2.38. The van der Waals surface area contributed by atoms with Crippen LogP contribution in [-0.2, 0) is 25.6 Å². The summed E-state index contributed by atoms with van der Waals surface area (Å²) in [6.45, 7) is 0.521. The summed E-state index contributed by atoms with van der Waals surface area (Å²) in [7, 11) is -0.267. The fourth-order valence-corrected chi connectivity index (χ4v) is 3.36. The molecule has 1 aromatic rings. The number of halogens is 1. The molecule has 5 nitrogen and oxygen atoms in total. The first-order valence-corrected chi connectivity index (χ1v) is 6.92. The highest BCUT2D eigenvalue weighted by Gasteiger charge is 2.36. The van der Waals surface area contributed by atoms with Gasteiger partial charge in [-0.25, -0.2) is 17.7 Å². The van der Waals surface area contributed by atoms with Crippen LogP contribution < -0.4 is 0 Å². The van der Waals surface area contributed by atoms with Crippen LogP contribution in [0.2, 0.25) is 0 Å². The zero-order valence-corrected chi connectivity index (χ0v) is 11.2. The molecule has 1 fully saturated rings. The maximum absolute atomic E-state index is 12.8. The molecular weight excluding hydrogens is 273 g/mol. The summed E-state index contributed by atoms with van der Waals surface area (Å²) < 4.78 is 26.7. The van der Waals surface area contributed by atoms with Crippen LogP contribution in [0.5, 0.6) is 0 Å². The van der Waals surface area contributed by atoms with Crippen molar-refractivity contribution < 1.29 is 23.2 Å². The van der Waals surface area contributed by atoms with Gasteiger partial charge in [-0.05, 0) is 37.1 Å². The maximum Gasteiger partial charge on any atom is 0.360 e. The first kappa shape index (κ1) is 14.1. The van der Waals surface area contributed by atoms with Crippen molar-refractivity contribution in [1.29, 1.82) is 0 Å². The second-order valence-electron chi connectivity index (χ2n) is 4.07. The fraction of sp³-hybridized carbons (Fsp3) is 0.417. The van der Waals surface area contributed by atoms with Crippen LogP contribution in [-0.4, -0.2) is 34.2 Å². The van der Waals surface area contributed by atoms with Gasteiger partial charge >= 0.3 is 5.97 Å². The summed E-state index contributed by atoms with van der Waals surface area (Å²) >= 11 is 0. The summed E-state index contributed by atoms with van der Waals surface area (Å²) in [4.78, 5) is 20.9. The minimum Gasteiger partial charge on any atom is -0.297 e. The van der Waals surface area contributed by atoms with E-state index in [1.807, 2.05) is 0 Å². The van der Waals surface area contributed by atoms with Crippen LogP contribution in [0, 0.1) is 5.82 Å². The molecule has 1 aliphatic rings. The first-order valence-electron chi connectivity index (χ1n) is 5.82. The normalized spacial score (nSPS) is 21.3. The standard InChI is InChI=1S/C12H14FNO4S/c1-17-18-12(15)11-3-2-8-14(11)19(16)10-6-4-9(13)5-7-10/h4-7,11H,2-3,8H2,1H3/t11-,19?/m0/s1. The SMILES string of the molecule is COOC(=O)[C@@H]1CCCN1S(=O)c1ccc(F)cc1. The van der Waals surface area contributed by atoms with Crippen molar-refractivity contribution in [3.8, 4) is 0 Å². The lowest BCUT2D eigenvalue weighted by Gasteiger charge is -2.20. The van der Waals surface area contributed by atoms with Crippen LogP contribution in [0.15, 0.2) is 29.2 Å². The van der Waals surface area contributed by atoms with Gasteiger partial charge in [-0.15, -0.1) is 0 Å². The second-order valence-corrected chi connectivity index (χ2v) is 5.51. The van der Waals surface area contributed by atoms with E-state index >= 15 is 0 Å². The van der Waals surface area contributed by atoms with Crippen LogP contribution in [0.4, 0.5) is 4.39 Å². The minimum absolute atomic E-state index is 0.391. The van der Waals surface area contributed by atoms with E-state index in [2.05, 4.69) is 9.78 Å². The van der Waals surface area contributed by atoms with Crippen molar-refractivity contribution >= 4 is 17.0 Å². The summed E-state index contributed by atoms with van der Waals surface area (Å²) in [5.74, 6) is -0.951. The third-order valence-electron chi connectivity index (χ3n) is 2.87. The third-order valence-corrected chi connectivity index (χ3v) is 4.41. The molecule has 0 aromatic heterocycles.